The Bertz CT molecular complexity index is 270. The van der Waals surface area contributed by atoms with Crippen LogP contribution in [0, 0.1) is 0 Å². The van der Waals surface area contributed by atoms with Gasteiger partial charge in [-0.3, -0.25) is 0 Å². The lowest BCUT2D eigenvalue weighted by Gasteiger charge is -2.19. The first kappa shape index (κ1) is 8.51. The molecule has 0 radical (unpaired) electrons. The fourth-order valence-corrected chi connectivity index (χ4v) is 1.73. The Hall–Kier alpha value is -1.09. The second-order valence-corrected chi connectivity index (χ2v) is 3.44. The molecular weight excluding hydrogens is 168 g/mol. The van der Waals surface area contributed by atoms with Gasteiger partial charge in [0.1, 0.15) is 5.60 Å². The molecule has 1 fully saturated rings. The van der Waals surface area contributed by atoms with Gasteiger partial charge in [0.25, 0.3) is 0 Å². The first-order chi connectivity index (χ1) is 6.35. The average molecular weight is 180 g/mol. The van der Waals surface area contributed by atoms with Gasteiger partial charge in [-0.2, -0.15) is 0 Å². The van der Waals surface area contributed by atoms with Gasteiger partial charge in [-0.15, -0.1) is 0 Å². The zero-order valence-electron chi connectivity index (χ0n) is 7.36. The molecule has 0 amide bonds. The molecule has 0 bridgehead atoms. The molecule has 1 aliphatic heterocycles. The fraction of sp³-hybridized carbons (Fsp3) is 0.500. The highest BCUT2D eigenvalue weighted by Gasteiger charge is 2.35. The molecule has 0 aromatic carbocycles. The highest BCUT2D eigenvalue weighted by atomic mass is 16.5. The number of carbonyl (C=O) groups excluding carboxylic acids is 1. The first-order valence-electron chi connectivity index (χ1n) is 4.46. The second-order valence-electron chi connectivity index (χ2n) is 3.44. The summed E-state index contributed by atoms with van der Waals surface area (Å²) in [5.41, 5.74) is 0.443. The normalized spacial score (nSPS) is 27.7. The maximum Gasteiger partial charge on any atom is 0.152 e. The standard InChI is InChI=1S/C10H12O3/c11-8-10(3-1-4-13-10)6-9-2-5-12-7-9/h2,5,7-8H,1,3-4,6H2. The van der Waals surface area contributed by atoms with E-state index in [-0.39, 0.29) is 0 Å². The Labute approximate surface area is 76.7 Å². The zero-order chi connectivity index (χ0) is 9.15. The minimum Gasteiger partial charge on any atom is -0.472 e. The molecular formula is C10H12O3. The summed E-state index contributed by atoms with van der Waals surface area (Å²) in [6.45, 7) is 0.691. The molecule has 1 atom stereocenters. The van der Waals surface area contributed by atoms with Crippen molar-refractivity contribution >= 4 is 6.29 Å². The van der Waals surface area contributed by atoms with E-state index in [9.17, 15) is 4.79 Å². The lowest BCUT2D eigenvalue weighted by atomic mass is 9.94. The van der Waals surface area contributed by atoms with E-state index in [1.54, 1.807) is 12.5 Å². The third-order valence-electron chi connectivity index (χ3n) is 2.43. The summed E-state index contributed by atoms with van der Waals surface area (Å²) in [5, 5.41) is 0. The lowest BCUT2D eigenvalue weighted by Crippen LogP contribution is -2.32. The Kier molecular flexibility index (Phi) is 2.19. The van der Waals surface area contributed by atoms with Gasteiger partial charge in [-0.25, -0.2) is 0 Å². The molecule has 0 aliphatic carbocycles. The number of furan rings is 1. The van der Waals surface area contributed by atoms with Gasteiger partial charge in [-0.05, 0) is 24.5 Å². The SMILES string of the molecule is O=CC1(Cc2ccoc2)CCCO1. The van der Waals surface area contributed by atoms with Gasteiger partial charge < -0.3 is 13.9 Å². The van der Waals surface area contributed by atoms with Crippen LogP contribution in [-0.2, 0) is 16.0 Å². The third kappa shape index (κ3) is 1.65. The van der Waals surface area contributed by atoms with Crippen LogP contribution >= 0.6 is 0 Å². The average Bonchev–Trinajstić information content (AvgIpc) is 2.77. The van der Waals surface area contributed by atoms with E-state index in [1.807, 2.05) is 6.07 Å². The molecule has 2 rings (SSSR count). The van der Waals surface area contributed by atoms with E-state index < -0.39 is 5.60 Å². The van der Waals surface area contributed by atoms with E-state index in [4.69, 9.17) is 9.15 Å². The van der Waals surface area contributed by atoms with Gasteiger partial charge in [0, 0.05) is 13.0 Å². The van der Waals surface area contributed by atoms with Crippen molar-refractivity contribution < 1.29 is 13.9 Å². The minimum atomic E-state index is -0.579. The third-order valence-corrected chi connectivity index (χ3v) is 2.43. The highest BCUT2D eigenvalue weighted by Crippen LogP contribution is 2.27. The molecule has 1 aliphatic rings. The fourth-order valence-electron chi connectivity index (χ4n) is 1.73. The van der Waals surface area contributed by atoms with Gasteiger partial charge in [0.05, 0.1) is 12.5 Å². The van der Waals surface area contributed by atoms with Crippen LogP contribution in [0.3, 0.4) is 0 Å². The number of aldehydes is 1. The van der Waals surface area contributed by atoms with E-state index in [0.29, 0.717) is 13.0 Å². The number of rotatable bonds is 3. The maximum atomic E-state index is 10.9. The second kappa shape index (κ2) is 3.34. The van der Waals surface area contributed by atoms with Crippen LogP contribution in [0.2, 0.25) is 0 Å². The number of hydrogen-bond donors (Lipinski definition) is 0. The summed E-state index contributed by atoms with van der Waals surface area (Å²) in [7, 11) is 0. The molecule has 2 heterocycles. The zero-order valence-corrected chi connectivity index (χ0v) is 7.36. The summed E-state index contributed by atoms with van der Waals surface area (Å²) in [6.07, 6.45) is 6.62. The summed E-state index contributed by atoms with van der Waals surface area (Å²) < 4.78 is 10.4. The number of carbonyl (C=O) groups is 1. The highest BCUT2D eigenvalue weighted by molar-refractivity contribution is 5.63. The molecule has 1 aromatic rings. The van der Waals surface area contributed by atoms with Crippen molar-refractivity contribution in [1.82, 2.24) is 0 Å². The van der Waals surface area contributed by atoms with Crippen molar-refractivity contribution in [2.24, 2.45) is 0 Å². The molecule has 13 heavy (non-hydrogen) atoms. The van der Waals surface area contributed by atoms with Crippen LogP contribution in [0.1, 0.15) is 18.4 Å². The summed E-state index contributed by atoms with van der Waals surface area (Å²) in [4.78, 5) is 10.9. The molecule has 0 spiro atoms. The molecule has 3 heteroatoms. The van der Waals surface area contributed by atoms with Crippen LogP contribution in [0.15, 0.2) is 23.0 Å². The molecule has 0 saturated carbocycles. The topological polar surface area (TPSA) is 39.4 Å². The monoisotopic (exact) mass is 180 g/mol. The minimum absolute atomic E-state index is 0.579. The van der Waals surface area contributed by atoms with Crippen molar-refractivity contribution in [2.45, 2.75) is 24.9 Å². The molecule has 1 saturated heterocycles. The Balaban J connectivity index is 2.10. The maximum absolute atomic E-state index is 10.9. The smallest absolute Gasteiger partial charge is 0.152 e. The predicted octanol–water partition coefficient (Wildman–Crippen LogP) is 1.57. The van der Waals surface area contributed by atoms with Crippen LogP contribution in [0.5, 0.6) is 0 Å². The summed E-state index contributed by atoms with van der Waals surface area (Å²) in [5.74, 6) is 0. The van der Waals surface area contributed by atoms with Crippen molar-refractivity contribution in [1.29, 1.82) is 0 Å². The Morgan fingerprint density at radius 1 is 1.62 bits per heavy atom. The lowest BCUT2D eigenvalue weighted by molar-refractivity contribution is -0.125. The largest absolute Gasteiger partial charge is 0.472 e. The van der Waals surface area contributed by atoms with Crippen LogP contribution in [0.4, 0.5) is 0 Å². The molecule has 3 nitrogen and oxygen atoms in total. The van der Waals surface area contributed by atoms with E-state index in [0.717, 1.165) is 24.7 Å². The summed E-state index contributed by atoms with van der Waals surface area (Å²) >= 11 is 0. The van der Waals surface area contributed by atoms with Gasteiger partial charge in [0.15, 0.2) is 6.29 Å². The van der Waals surface area contributed by atoms with Crippen LogP contribution in [-0.4, -0.2) is 18.5 Å². The van der Waals surface area contributed by atoms with Crippen molar-refractivity contribution in [2.75, 3.05) is 6.61 Å². The Morgan fingerprint density at radius 2 is 2.54 bits per heavy atom. The van der Waals surface area contributed by atoms with Crippen molar-refractivity contribution in [3.05, 3.63) is 24.2 Å². The van der Waals surface area contributed by atoms with E-state index in [1.165, 1.54) is 0 Å². The Morgan fingerprint density at radius 3 is 3.08 bits per heavy atom. The first-order valence-corrected chi connectivity index (χ1v) is 4.46. The van der Waals surface area contributed by atoms with E-state index in [2.05, 4.69) is 0 Å². The van der Waals surface area contributed by atoms with Crippen molar-refractivity contribution in [3.63, 3.8) is 0 Å². The molecule has 1 aromatic heterocycles. The van der Waals surface area contributed by atoms with Crippen molar-refractivity contribution in [3.8, 4) is 0 Å². The quantitative estimate of drug-likeness (QED) is 0.663. The van der Waals surface area contributed by atoms with Gasteiger partial charge in [-0.1, -0.05) is 0 Å². The van der Waals surface area contributed by atoms with Gasteiger partial charge >= 0.3 is 0 Å². The molecule has 0 N–H and O–H groups in total. The molecule has 1 unspecified atom stereocenters. The number of ether oxygens (including phenoxy) is 1. The van der Waals surface area contributed by atoms with Gasteiger partial charge in [0.2, 0.25) is 0 Å². The number of hydrogen-bond acceptors (Lipinski definition) is 3. The summed E-state index contributed by atoms with van der Waals surface area (Å²) in [6, 6.07) is 1.87. The van der Waals surface area contributed by atoms with E-state index >= 15 is 0 Å². The predicted molar refractivity (Wildman–Crippen MR) is 46.4 cm³/mol. The van der Waals surface area contributed by atoms with Crippen LogP contribution < -0.4 is 0 Å². The molecule has 70 valence electrons. The van der Waals surface area contributed by atoms with Crippen LogP contribution in [0.25, 0.3) is 0 Å².